The van der Waals surface area contributed by atoms with Crippen molar-refractivity contribution in [3.8, 4) is 0 Å². The number of fused-ring (bicyclic) bond motifs is 8. The van der Waals surface area contributed by atoms with Crippen LogP contribution in [-0.4, -0.2) is 16.5 Å². The molecule has 21 heavy (non-hydrogen) atoms. The van der Waals surface area contributed by atoms with Gasteiger partial charge in [0.1, 0.15) is 4.33 Å². The Morgan fingerprint density at radius 2 is 1.52 bits per heavy atom. The number of alkyl halides is 2. The van der Waals surface area contributed by atoms with Crippen LogP contribution in [-0.2, 0) is 9.47 Å². The molecule has 2 saturated carbocycles. The number of halogens is 2. The van der Waals surface area contributed by atoms with Crippen LogP contribution in [0, 0.1) is 25.0 Å². The van der Waals surface area contributed by atoms with E-state index in [-0.39, 0.29) is 0 Å². The quantitative estimate of drug-likeness (QED) is 0.504. The predicted molar refractivity (Wildman–Crippen MR) is 85.9 cm³/mol. The summed E-state index contributed by atoms with van der Waals surface area (Å²) in [5.41, 5.74) is 0. The highest BCUT2D eigenvalue weighted by Crippen LogP contribution is 2.45. The fourth-order valence-electron chi connectivity index (χ4n) is 4.22. The van der Waals surface area contributed by atoms with Gasteiger partial charge in [0, 0.05) is 6.42 Å². The van der Waals surface area contributed by atoms with Crippen LogP contribution in [0.1, 0.15) is 64.2 Å². The topological polar surface area (TPSA) is 18.5 Å². The number of hydrogen-bond donors (Lipinski definition) is 0. The molecule has 4 heteroatoms. The molecule has 0 aromatic carbocycles. The molecule has 2 nitrogen and oxygen atoms in total. The van der Waals surface area contributed by atoms with Crippen molar-refractivity contribution in [2.45, 2.75) is 80.7 Å². The molecule has 0 aromatic rings. The van der Waals surface area contributed by atoms with Gasteiger partial charge in [0.2, 0.25) is 6.29 Å². The molecule has 0 amide bonds. The summed E-state index contributed by atoms with van der Waals surface area (Å²) >= 11 is 12.8. The van der Waals surface area contributed by atoms with Gasteiger partial charge in [0.05, 0.1) is 12.2 Å². The SMILES string of the molecule is [CH2]CCC(Cl)(Cl)C[C]1OC2CCC(O1)C1CCCC2CC1. The van der Waals surface area contributed by atoms with Crippen molar-refractivity contribution in [3.05, 3.63) is 13.2 Å². The van der Waals surface area contributed by atoms with Gasteiger partial charge in [0.15, 0.2) is 0 Å². The van der Waals surface area contributed by atoms with E-state index in [1.165, 1.54) is 32.1 Å². The summed E-state index contributed by atoms with van der Waals surface area (Å²) in [5.74, 6) is 1.36. The van der Waals surface area contributed by atoms with Gasteiger partial charge in [0.25, 0.3) is 0 Å². The summed E-state index contributed by atoms with van der Waals surface area (Å²) in [6.45, 7) is 3.84. The first-order valence-corrected chi connectivity index (χ1v) is 9.19. The second kappa shape index (κ2) is 6.95. The van der Waals surface area contributed by atoms with Gasteiger partial charge in [-0.25, -0.2) is 0 Å². The maximum absolute atomic E-state index is 6.39. The van der Waals surface area contributed by atoms with E-state index in [9.17, 15) is 0 Å². The average molecular weight is 333 g/mol. The maximum atomic E-state index is 6.39. The molecule has 0 N–H and O–H groups in total. The van der Waals surface area contributed by atoms with Crippen molar-refractivity contribution in [3.63, 3.8) is 0 Å². The van der Waals surface area contributed by atoms with Crippen molar-refractivity contribution >= 4 is 23.2 Å². The van der Waals surface area contributed by atoms with E-state index in [4.69, 9.17) is 32.7 Å². The minimum Gasteiger partial charge on any atom is -0.342 e. The lowest BCUT2D eigenvalue weighted by atomic mass is 9.84. The monoisotopic (exact) mass is 332 g/mol. The first-order valence-electron chi connectivity index (χ1n) is 8.43. The molecule has 4 atom stereocenters. The summed E-state index contributed by atoms with van der Waals surface area (Å²) < 4.78 is 11.7. The molecule has 2 aliphatic carbocycles. The molecule has 1 heterocycles. The van der Waals surface area contributed by atoms with E-state index in [0.29, 0.717) is 43.2 Å². The molecule has 120 valence electrons. The van der Waals surface area contributed by atoms with Crippen molar-refractivity contribution in [1.82, 2.24) is 0 Å². The van der Waals surface area contributed by atoms with Crippen LogP contribution in [0.3, 0.4) is 0 Å². The normalized spacial score (nSPS) is 37.9. The summed E-state index contributed by atoms with van der Waals surface area (Å²) in [7, 11) is 0. The molecular weight excluding hydrogens is 307 g/mol. The molecule has 0 aromatic heterocycles. The van der Waals surface area contributed by atoms with Gasteiger partial charge < -0.3 is 9.47 Å². The second-order valence-electron chi connectivity index (χ2n) is 6.93. The lowest BCUT2D eigenvalue weighted by molar-refractivity contribution is -0.110. The predicted octanol–water partition coefficient (Wildman–Crippen LogP) is 5.43. The lowest BCUT2D eigenvalue weighted by Gasteiger charge is -2.30. The Labute approximate surface area is 138 Å². The summed E-state index contributed by atoms with van der Waals surface area (Å²) in [4.78, 5) is 0. The Morgan fingerprint density at radius 1 is 0.952 bits per heavy atom. The molecule has 3 aliphatic rings. The number of ether oxygens (including phenoxy) is 2. The van der Waals surface area contributed by atoms with E-state index in [1.807, 2.05) is 0 Å². The van der Waals surface area contributed by atoms with Crippen LogP contribution < -0.4 is 0 Å². The smallest absolute Gasteiger partial charge is 0.227 e. The van der Waals surface area contributed by atoms with Crippen LogP contribution in [0.2, 0.25) is 0 Å². The summed E-state index contributed by atoms with van der Waals surface area (Å²) in [6, 6.07) is 0. The molecule has 1 saturated heterocycles. The maximum Gasteiger partial charge on any atom is 0.227 e. The van der Waals surface area contributed by atoms with Crippen LogP contribution in [0.15, 0.2) is 0 Å². The Kier molecular flexibility index (Phi) is 5.41. The van der Waals surface area contributed by atoms with E-state index in [0.717, 1.165) is 19.3 Å². The highest BCUT2D eigenvalue weighted by Gasteiger charge is 2.42. The Balaban J connectivity index is 1.73. The lowest BCUT2D eigenvalue weighted by Crippen LogP contribution is -2.28. The van der Waals surface area contributed by atoms with E-state index >= 15 is 0 Å². The standard InChI is InChI=1S/C17H26Cl2O2/c1-2-10-17(18,19)11-16-20-14-8-9-15(21-16)13-5-3-4-12(14)6-7-13/h12-15H,1-11H2. The van der Waals surface area contributed by atoms with Gasteiger partial charge in [-0.1, -0.05) is 19.8 Å². The third-order valence-corrected chi connectivity index (χ3v) is 6.00. The Bertz CT molecular complexity index is 326. The van der Waals surface area contributed by atoms with Crippen LogP contribution in [0.4, 0.5) is 0 Å². The third kappa shape index (κ3) is 4.07. The van der Waals surface area contributed by atoms with Crippen LogP contribution in [0.25, 0.3) is 0 Å². The highest BCUT2D eigenvalue weighted by atomic mass is 35.5. The Hall–Kier alpha value is 0.500. The van der Waals surface area contributed by atoms with E-state index < -0.39 is 4.33 Å². The van der Waals surface area contributed by atoms with Gasteiger partial charge in [-0.2, -0.15) is 0 Å². The summed E-state index contributed by atoms with van der Waals surface area (Å²) in [6.07, 6.45) is 11.8. The van der Waals surface area contributed by atoms with Crippen LogP contribution >= 0.6 is 23.2 Å². The van der Waals surface area contributed by atoms with Gasteiger partial charge in [-0.15, -0.1) is 23.2 Å². The minimum absolute atomic E-state index is 0.299. The van der Waals surface area contributed by atoms with Crippen molar-refractivity contribution in [1.29, 1.82) is 0 Å². The zero-order chi connectivity index (χ0) is 14.9. The largest absolute Gasteiger partial charge is 0.342 e. The van der Waals surface area contributed by atoms with Gasteiger partial charge in [-0.05, 0) is 56.8 Å². The summed E-state index contributed by atoms with van der Waals surface area (Å²) in [5, 5.41) is 0. The molecule has 4 bridgehead atoms. The second-order valence-corrected chi connectivity index (χ2v) is 8.57. The van der Waals surface area contributed by atoms with Crippen molar-refractivity contribution in [2.24, 2.45) is 11.8 Å². The average Bonchev–Trinajstić information content (AvgIpc) is 2.70. The molecule has 2 radical (unpaired) electrons. The molecule has 3 fully saturated rings. The Morgan fingerprint density at radius 3 is 2.05 bits per heavy atom. The molecule has 1 aliphatic heterocycles. The molecular formula is C17H26Cl2O2. The fourth-order valence-corrected chi connectivity index (χ4v) is 4.71. The van der Waals surface area contributed by atoms with Crippen molar-refractivity contribution < 1.29 is 9.47 Å². The fraction of sp³-hybridized carbons (Fsp3) is 0.882. The number of hydrogen-bond acceptors (Lipinski definition) is 2. The zero-order valence-electron chi connectivity index (χ0n) is 12.7. The molecule has 0 spiro atoms. The van der Waals surface area contributed by atoms with E-state index in [2.05, 4.69) is 6.92 Å². The first kappa shape index (κ1) is 16.4. The third-order valence-electron chi connectivity index (χ3n) is 5.36. The molecule has 4 unspecified atom stereocenters. The van der Waals surface area contributed by atoms with Crippen molar-refractivity contribution in [2.75, 3.05) is 0 Å². The van der Waals surface area contributed by atoms with Gasteiger partial charge >= 0.3 is 0 Å². The first-order chi connectivity index (χ1) is 10.1. The van der Waals surface area contributed by atoms with Crippen LogP contribution in [0.5, 0.6) is 0 Å². The zero-order valence-corrected chi connectivity index (χ0v) is 14.2. The molecule has 3 rings (SSSR count). The minimum atomic E-state index is -0.820. The highest BCUT2D eigenvalue weighted by molar-refractivity contribution is 6.48. The van der Waals surface area contributed by atoms with E-state index in [1.54, 1.807) is 0 Å². The van der Waals surface area contributed by atoms with Gasteiger partial charge in [-0.3, -0.25) is 0 Å². The number of rotatable bonds is 4.